The van der Waals surface area contributed by atoms with E-state index in [9.17, 15) is 13.2 Å². The largest absolute Gasteiger partial charge is 0.416 e. The molecule has 21 heavy (non-hydrogen) atoms. The molecule has 0 aliphatic carbocycles. The Morgan fingerprint density at radius 3 is 2.38 bits per heavy atom. The van der Waals surface area contributed by atoms with Crippen molar-refractivity contribution < 1.29 is 13.2 Å². The first-order valence-corrected chi connectivity index (χ1v) is 7.79. The zero-order valence-electron chi connectivity index (χ0n) is 13.1. The standard InChI is InChI=1S/C17H26F3N/c1-4-6-9-14(5-2)12-21-13(3)15-10-7-8-11-16(15)17(18,19)20/h7-8,10-11,13-14,21H,4-6,9,12H2,1-3H3. The molecule has 1 nitrogen and oxygen atoms in total. The predicted octanol–water partition coefficient (Wildman–Crippen LogP) is 5.57. The van der Waals surface area contributed by atoms with Crippen LogP contribution in [0.3, 0.4) is 0 Å². The molecule has 4 heteroatoms. The molecule has 1 N–H and O–H groups in total. The average Bonchev–Trinajstić information content (AvgIpc) is 2.46. The second-order valence-electron chi connectivity index (χ2n) is 5.63. The van der Waals surface area contributed by atoms with Crippen LogP contribution in [0.1, 0.15) is 63.6 Å². The summed E-state index contributed by atoms with van der Waals surface area (Å²) < 4.78 is 39.0. The van der Waals surface area contributed by atoms with Crippen LogP contribution in [-0.4, -0.2) is 6.54 Å². The number of hydrogen-bond donors (Lipinski definition) is 1. The molecule has 0 aliphatic rings. The van der Waals surface area contributed by atoms with Crippen molar-refractivity contribution in [2.45, 2.75) is 58.7 Å². The molecule has 2 atom stereocenters. The molecule has 2 unspecified atom stereocenters. The second-order valence-corrected chi connectivity index (χ2v) is 5.63. The summed E-state index contributed by atoms with van der Waals surface area (Å²) in [5, 5.41) is 3.27. The highest BCUT2D eigenvalue weighted by molar-refractivity contribution is 5.32. The zero-order valence-corrected chi connectivity index (χ0v) is 13.1. The molecule has 0 saturated carbocycles. The lowest BCUT2D eigenvalue weighted by atomic mass is 9.97. The maximum Gasteiger partial charge on any atom is 0.416 e. The summed E-state index contributed by atoms with van der Waals surface area (Å²) in [5.41, 5.74) is -0.207. The Bertz CT molecular complexity index is 415. The first-order chi connectivity index (χ1) is 9.90. The number of unbranched alkanes of at least 4 members (excludes halogenated alkanes) is 1. The average molecular weight is 301 g/mol. The maximum absolute atomic E-state index is 13.0. The van der Waals surface area contributed by atoms with E-state index in [4.69, 9.17) is 0 Å². The summed E-state index contributed by atoms with van der Waals surface area (Å²) >= 11 is 0. The molecule has 1 rings (SSSR count). The lowest BCUT2D eigenvalue weighted by Crippen LogP contribution is -2.27. The van der Waals surface area contributed by atoms with Crippen LogP contribution < -0.4 is 5.32 Å². The van der Waals surface area contributed by atoms with E-state index in [0.717, 1.165) is 31.9 Å². The van der Waals surface area contributed by atoms with Crippen LogP contribution in [0.5, 0.6) is 0 Å². The molecule has 0 spiro atoms. The summed E-state index contributed by atoms with van der Waals surface area (Å²) in [5.74, 6) is 0.533. The van der Waals surface area contributed by atoms with Crippen LogP contribution in [0.4, 0.5) is 13.2 Å². The van der Waals surface area contributed by atoms with Gasteiger partial charge in [0, 0.05) is 6.04 Å². The van der Waals surface area contributed by atoms with Crippen molar-refractivity contribution in [3.63, 3.8) is 0 Å². The zero-order chi connectivity index (χ0) is 15.9. The molecule has 0 saturated heterocycles. The topological polar surface area (TPSA) is 12.0 Å². The van der Waals surface area contributed by atoms with Crippen molar-refractivity contribution >= 4 is 0 Å². The van der Waals surface area contributed by atoms with Crippen LogP contribution in [-0.2, 0) is 6.18 Å². The van der Waals surface area contributed by atoms with Crippen molar-refractivity contribution in [2.24, 2.45) is 5.92 Å². The molecule has 1 aromatic carbocycles. The van der Waals surface area contributed by atoms with E-state index >= 15 is 0 Å². The van der Waals surface area contributed by atoms with Gasteiger partial charge in [0.1, 0.15) is 0 Å². The third kappa shape index (κ3) is 5.70. The summed E-state index contributed by atoms with van der Waals surface area (Å²) in [4.78, 5) is 0. The number of benzene rings is 1. The fraction of sp³-hybridized carbons (Fsp3) is 0.647. The highest BCUT2D eigenvalue weighted by Gasteiger charge is 2.34. The number of hydrogen-bond acceptors (Lipinski definition) is 1. The lowest BCUT2D eigenvalue weighted by Gasteiger charge is -2.22. The van der Waals surface area contributed by atoms with Crippen LogP contribution >= 0.6 is 0 Å². The van der Waals surface area contributed by atoms with Gasteiger partial charge in [-0.1, -0.05) is 51.3 Å². The SMILES string of the molecule is CCCCC(CC)CNC(C)c1ccccc1C(F)(F)F. The highest BCUT2D eigenvalue weighted by atomic mass is 19.4. The first-order valence-electron chi connectivity index (χ1n) is 7.79. The maximum atomic E-state index is 13.0. The smallest absolute Gasteiger partial charge is 0.310 e. The van der Waals surface area contributed by atoms with Gasteiger partial charge in [-0.15, -0.1) is 0 Å². The highest BCUT2D eigenvalue weighted by Crippen LogP contribution is 2.34. The second kappa shape index (κ2) is 8.42. The lowest BCUT2D eigenvalue weighted by molar-refractivity contribution is -0.138. The van der Waals surface area contributed by atoms with E-state index in [1.807, 2.05) is 0 Å². The molecule has 120 valence electrons. The molecule has 0 fully saturated rings. The Morgan fingerprint density at radius 1 is 1.14 bits per heavy atom. The quantitative estimate of drug-likeness (QED) is 0.661. The van der Waals surface area contributed by atoms with E-state index in [0.29, 0.717) is 11.5 Å². The molecule has 0 aliphatic heterocycles. The van der Waals surface area contributed by atoms with Crippen LogP contribution in [0.15, 0.2) is 24.3 Å². The van der Waals surface area contributed by atoms with E-state index < -0.39 is 11.7 Å². The van der Waals surface area contributed by atoms with Crippen LogP contribution in [0, 0.1) is 5.92 Å². The van der Waals surface area contributed by atoms with Crippen molar-refractivity contribution in [3.8, 4) is 0 Å². The molecular formula is C17H26F3N. The Balaban J connectivity index is 2.69. The van der Waals surface area contributed by atoms with Gasteiger partial charge < -0.3 is 5.32 Å². The van der Waals surface area contributed by atoms with Crippen LogP contribution in [0.2, 0.25) is 0 Å². The molecule has 0 bridgehead atoms. The molecular weight excluding hydrogens is 275 g/mol. The number of rotatable bonds is 8. The molecule has 0 aromatic heterocycles. The van der Waals surface area contributed by atoms with Gasteiger partial charge in [0.15, 0.2) is 0 Å². The summed E-state index contributed by atoms with van der Waals surface area (Å²) in [7, 11) is 0. The predicted molar refractivity (Wildman–Crippen MR) is 81.2 cm³/mol. The Morgan fingerprint density at radius 2 is 1.81 bits per heavy atom. The van der Waals surface area contributed by atoms with Crippen molar-refractivity contribution in [3.05, 3.63) is 35.4 Å². The molecule has 0 radical (unpaired) electrons. The number of halogens is 3. The molecule has 0 heterocycles. The third-order valence-corrected chi connectivity index (χ3v) is 3.99. The number of nitrogens with one attached hydrogen (secondary N) is 1. The van der Waals surface area contributed by atoms with E-state index in [-0.39, 0.29) is 6.04 Å². The normalized spacial score (nSPS) is 15.0. The summed E-state index contributed by atoms with van der Waals surface area (Å²) in [6.07, 6.45) is 0.226. The first kappa shape index (κ1) is 18.0. The summed E-state index contributed by atoms with van der Waals surface area (Å²) in [6.45, 7) is 6.86. The number of alkyl halides is 3. The monoisotopic (exact) mass is 301 g/mol. The van der Waals surface area contributed by atoms with E-state index in [1.165, 1.54) is 12.5 Å². The van der Waals surface area contributed by atoms with Gasteiger partial charge in [-0.05, 0) is 37.4 Å². The fourth-order valence-corrected chi connectivity index (χ4v) is 2.53. The Hall–Kier alpha value is -1.03. The minimum absolute atomic E-state index is 0.293. The fourth-order valence-electron chi connectivity index (χ4n) is 2.53. The Kier molecular flexibility index (Phi) is 7.23. The third-order valence-electron chi connectivity index (χ3n) is 3.99. The van der Waals surface area contributed by atoms with Gasteiger partial charge in [0.05, 0.1) is 5.56 Å². The van der Waals surface area contributed by atoms with Gasteiger partial charge in [0.2, 0.25) is 0 Å². The van der Waals surface area contributed by atoms with Gasteiger partial charge in [0.25, 0.3) is 0 Å². The van der Waals surface area contributed by atoms with Gasteiger partial charge in [-0.25, -0.2) is 0 Å². The summed E-state index contributed by atoms with van der Waals surface area (Å²) in [6, 6.07) is 5.53. The minimum atomic E-state index is -4.29. The van der Waals surface area contributed by atoms with E-state index in [2.05, 4.69) is 19.2 Å². The van der Waals surface area contributed by atoms with Gasteiger partial charge >= 0.3 is 6.18 Å². The van der Waals surface area contributed by atoms with Crippen molar-refractivity contribution in [1.82, 2.24) is 5.32 Å². The Labute approximate surface area is 125 Å². The van der Waals surface area contributed by atoms with Gasteiger partial charge in [-0.2, -0.15) is 13.2 Å². The molecule has 1 aromatic rings. The van der Waals surface area contributed by atoms with Crippen LogP contribution in [0.25, 0.3) is 0 Å². The van der Waals surface area contributed by atoms with Crippen molar-refractivity contribution in [1.29, 1.82) is 0 Å². The van der Waals surface area contributed by atoms with Gasteiger partial charge in [-0.3, -0.25) is 0 Å². The minimum Gasteiger partial charge on any atom is -0.310 e. The van der Waals surface area contributed by atoms with E-state index in [1.54, 1.807) is 19.1 Å². The molecule has 0 amide bonds. The van der Waals surface area contributed by atoms with Crippen molar-refractivity contribution in [2.75, 3.05) is 6.54 Å².